The highest BCUT2D eigenvalue weighted by Gasteiger charge is 2.40. The summed E-state index contributed by atoms with van der Waals surface area (Å²) in [7, 11) is 2.48. The van der Waals surface area contributed by atoms with Gasteiger partial charge in [-0.3, -0.25) is 24.1 Å². The Morgan fingerprint density at radius 1 is 0.548 bits per heavy atom. The molecular weight excluding hydrogens is 929 g/mol. The first-order valence-corrected chi connectivity index (χ1v) is 26.0. The molecule has 4 aromatic carbocycles. The summed E-state index contributed by atoms with van der Waals surface area (Å²) in [5.41, 5.74) is 4.16. The van der Waals surface area contributed by atoms with Gasteiger partial charge in [-0.1, -0.05) is 111 Å². The number of alkyl carbamates (subject to hydrolysis) is 2. The fourth-order valence-electron chi connectivity index (χ4n) is 10.6. The van der Waals surface area contributed by atoms with Crippen molar-refractivity contribution in [3.63, 3.8) is 0 Å². The molecule has 1 aromatic heterocycles. The molecule has 0 bridgehead atoms. The predicted octanol–water partition coefficient (Wildman–Crippen LogP) is 8.30. The first kappa shape index (κ1) is 52.3. The number of aryl methyl sites for hydroxylation is 1. The number of carbonyl (C=O) groups excluding carboxylic acids is 6. The summed E-state index contributed by atoms with van der Waals surface area (Å²) in [5.74, 6) is -1.43. The number of benzene rings is 4. The van der Waals surface area contributed by atoms with E-state index in [1.54, 1.807) is 58.3 Å². The largest absolute Gasteiger partial charge is 0.453 e. The highest BCUT2D eigenvalue weighted by molar-refractivity contribution is 6.11. The predicted molar refractivity (Wildman–Crippen MR) is 280 cm³/mol. The molecule has 3 aliphatic heterocycles. The van der Waals surface area contributed by atoms with E-state index in [1.807, 2.05) is 48.5 Å². The first-order valence-electron chi connectivity index (χ1n) is 26.0. The minimum atomic E-state index is -1.03. The Morgan fingerprint density at radius 3 is 1.41 bits per heavy atom. The van der Waals surface area contributed by atoms with Gasteiger partial charge in [0, 0.05) is 54.9 Å². The van der Waals surface area contributed by atoms with Crippen molar-refractivity contribution in [1.29, 1.82) is 0 Å². The minimum absolute atomic E-state index is 0.320. The van der Waals surface area contributed by atoms with Gasteiger partial charge in [0.15, 0.2) is 0 Å². The lowest BCUT2D eigenvalue weighted by Crippen LogP contribution is -2.48. The van der Waals surface area contributed by atoms with Crippen LogP contribution in [0.15, 0.2) is 97.1 Å². The van der Waals surface area contributed by atoms with Crippen LogP contribution in [-0.4, -0.2) is 127 Å². The summed E-state index contributed by atoms with van der Waals surface area (Å²) in [6, 6.07) is 25.9. The molecule has 5 aromatic rings. The molecule has 3 saturated heterocycles. The Morgan fingerprint density at radius 2 is 0.973 bits per heavy atom. The van der Waals surface area contributed by atoms with Crippen LogP contribution in [0.1, 0.15) is 100 Å². The van der Waals surface area contributed by atoms with E-state index in [2.05, 4.69) is 30.7 Å². The van der Waals surface area contributed by atoms with Crippen LogP contribution in [0.2, 0.25) is 0 Å². The molecule has 6 amide bonds. The number of likely N-dealkylation sites (tertiary alicyclic amines) is 2. The van der Waals surface area contributed by atoms with Crippen LogP contribution in [0.25, 0.3) is 21.8 Å². The van der Waals surface area contributed by atoms with Crippen molar-refractivity contribution >= 4 is 69.0 Å². The van der Waals surface area contributed by atoms with E-state index in [1.165, 1.54) is 46.3 Å². The fraction of sp³-hybridized carbons (Fsp3) is 0.464. The Balaban J connectivity index is 0.985. The van der Waals surface area contributed by atoms with Crippen molar-refractivity contribution in [3.8, 4) is 0 Å². The summed E-state index contributed by atoms with van der Waals surface area (Å²) in [6.45, 7) is 6.30. The van der Waals surface area contributed by atoms with E-state index in [-0.39, 0.29) is 11.8 Å². The summed E-state index contributed by atoms with van der Waals surface area (Å²) in [4.78, 5) is 86.9. The zero-order valence-corrected chi connectivity index (χ0v) is 42.2. The second-order valence-corrected chi connectivity index (χ2v) is 19.2. The third-order valence-electron chi connectivity index (χ3n) is 14.4. The van der Waals surface area contributed by atoms with E-state index in [4.69, 9.17) is 14.2 Å². The Hall–Kier alpha value is -6.98. The SMILES string of the molecule is COC(=O)N[C@@H](C(=O)N1CCC[C@H]1C(=O)Nc1ccc2c3ccc(NC(=O)[C@@H]4CCCN4C(=O)[C@H](NC(=O)OC)c4ccccc4)cc3n(CCCCCCCCCCN3CCOCC3)c2c1)c1ccccc1. The lowest BCUT2D eigenvalue weighted by Gasteiger charge is -2.28. The van der Waals surface area contributed by atoms with E-state index < -0.39 is 48.2 Å². The minimum Gasteiger partial charge on any atom is -0.453 e. The number of ether oxygens (including phenoxy) is 3. The summed E-state index contributed by atoms with van der Waals surface area (Å²) >= 11 is 0. The average molecular weight is 999 g/mol. The van der Waals surface area contributed by atoms with Gasteiger partial charge < -0.3 is 49.8 Å². The number of hydrogen-bond acceptors (Lipinski definition) is 10. The van der Waals surface area contributed by atoms with Gasteiger partial charge in [-0.25, -0.2) is 9.59 Å². The Kier molecular flexibility index (Phi) is 18.4. The smallest absolute Gasteiger partial charge is 0.407 e. The highest BCUT2D eigenvalue weighted by Crippen LogP contribution is 2.35. The Labute approximate surface area is 427 Å². The lowest BCUT2D eigenvalue weighted by molar-refractivity contribution is -0.138. The van der Waals surface area contributed by atoms with Gasteiger partial charge in [-0.05, 0) is 80.5 Å². The summed E-state index contributed by atoms with van der Waals surface area (Å²) < 4.78 is 17.4. The molecule has 8 rings (SSSR count). The lowest BCUT2D eigenvalue weighted by atomic mass is 10.0. The zero-order valence-electron chi connectivity index (χ0n) is 42.2. The fourth-order valence-corrected chi connectivity index (χ4v) is 10.6. The number of morpholine rings is 1. The van der Waals surface area contributed by atoms with Gasteiger partial charge >= 0.3 is 12.2 Å². The molecule has 73 heavy (non-hydrogen) atoms. The number of methoxy groups -OCH3 is 2. The maximum atomic E-state index is 14.2. The number of aromatic nitrogens is 1. The van der Waals surface area contributed by atoms with Crippen molar-refractivity contribution in [2.75, 3.05) is 70.8 Å². The standard InChI is InChI=1S/C56H70N8O9/c1-71-55(69)59-49(39-19-11-9-12-20-39)53(67)63-31-17-23-45(63)51(65)57-41-25-27-43-44-28-26-42(58-52(66)46-24-18-32-64(46)54(68)50(60-56(70)72-2)40-21-13-10-14-22-40)38-48(44)62(47(43)37-41)30-16-8-6-4-3-5-7-15-29-61-33-35-73-36-34-61/h9-14,19-22,25-28,37-38,45-46,49-50H,3-8,15-18,23-24,29-36H2,1-2H3,(H,57,65)(H,58,66)(H,59,69)(H,60,70)/t45-,46-,49+,50+/m0/s1. The first-order chi connectivity index (χ1) is 35.6. The number of amides is 6. The van der Waals surface area contributed by atoms with Gasteiger partial charge in [0.1, 0.15) is 24.2 Å². The molecule has 4 heterocycles. The molecule has 3 aliphatic rings. The van der Waals surface area contributed by atoms with Crippen LogP contribution in [0, 0.1) is 0 Å². The molecule has 0 unspecified atom stereocenters. The van der Waals surface area contributed by atoms with Gasteiger partial charge in [0.05, 0.1) is 38.5 Å². The molecule has 0 radical (unpaired) electrons. The van der Waals surface area contributed by atoms with E-state index in [9.17, 15) is 28.8 Å². The number of nitrogens with zero attached hydrogens (tertiary/aromatic N) is 4. The molecule has 4 atom stereocenters. The zero-order chi connectivity index (χ0) is 51.1. The number of fused-ring (bicyclic) bond motifs is 3. The normalized spacial score (nSPS) is 17.8. The van der Waals surface area contributed by atoms with Crippen LogP contribution in [0.3, 0.4) is 0 Å². The van der Waals surface area contributed by atoms with Crippen molar-refractivity contribution in [2.24, 2.45) is 0 Å². The van der Waals surface area contributed by atoms with Gasteiger partial charge in [-0.15, -0.1) is 0 Å². The molecule has 17 nitrogen and oxygen atoms in total. The van der Waals surface area contributed by atoms with Crippen LogP contribution >= 0.6 is 0 Å². The monoisotopic (exact) mass is 999 g/mol. The molecule has 4 N–H and O–H groups in total. The maximum Gasteiger partial charge on any atom is 0.407 e. The molecule has 388 valence electrons. The molecule has 3 fully saturated rings. The van der Waals surface area contributed by atoms with Crippen LogP contribution in [-0.2, 0) is 39.9 Å². The van der Waals surface area contributed by atoms with E-state index in [0.29, 0.717) is 67.8 Å². The van der Waals surface area contributed by atoms with E-state index in [0.717, 1.165) is 73.9 Å². The molecule has 0 aliphatic carbocycles. The third kappa shape index (κ3) is 13.2. The molecule has 17 heteroatoms. The molecule has 0 spiro atoms. The van der Waals surface area contributed by atoms with Gasteiger partial charge in [0.2, 0.25) is 11.8 Å². The highest BCUT2D eigenvalue weighted by atomic mass is 16.5. The van der Waals surface area contributed by atoms with Crippen LogP contribution < -0.4 is 21.3 Å². The number of hydrogen-bond donors (Lipinski definition) is 4. The summed E-state index contributed by atoms with van der Waals surface area (Å²) in [6.07, 6.45) is 9.85. The quantitative estimate of drug-likeness (QED) is 0.0520. The number of nitrogens with one attached hydrogen (secondary N) is 4. The van der Waals surface area contributed by atoms with Crippen molar-refractivity contribution < 1.29 is 43.0 Å². The maximum absolute atomic E-state index is 14.2. The molecule has 0 saturated carbocycles. The van der Waals surface area contributed by atoms with Crippen molar-refractivity contribution in [1.82, 2.24) is 29.9 Å². The number of anilines is 2. The third-order valence-corrected chi connectivity index (χ3v) is 14.4. The second kappa shape index (κ2) is 25.6. The molecular formula is C56H70N8O9. The van der Waals surface area contributed by atoms with Crippen LogP contribution in [0.4, 0.5) is 21.0 Å². The van der Waals surface area contributed by atoms with Crippen molar-refractivity contribution in [3.05, 3.63) is 108 Å². The Bertz CT molecular complexity index is 2530. The van der Waals surface area contributed by atoms with Gasteiger partial charge in [-0.2, -0.15) is 0 Å². The number of carbonyl (C=O) groups is 6. The van der Waals surface area contributed by atoms with Crippen LogP contribution in [0.5, 0.6) is 0 Å². The second-order valence-electron chi connectivity index (χ2n) is 19.2. The van der Waals surface area contributed by atoms with Gasteiger partial charge in [0.25, 0.3) is 11.8 Å². The topological polar surface area (TPSA) is 193 Å². The van der Waals surface area contributed by atoms with E-state index >= 15 is 0 Å². The van der Waals surface area contributed by atoms with Crippen molar-refractivity contribution in [2.45, 2.75) is 108 Å². The number of unbranched alkanes of at least 4 members (excludes halogenated alkanes) is 7. The number of rotatable bonds is 21. The summed E-state index contributed by atoms with van der Waals surface area (Å²) in [5, 5.41) is 13.5. The average Bonchev–Trinajstić information content (AvgIpc) is 4.19.